The average Bonchev–Trinajstić information content (AvgIpc) is 2.46. The van der Waals surface area contributed by atoms with Crippen molar-refractivity contribution >= 4 is 29.9 Å². The highest BCUT2D eigenvalue weighted by Crippen LogP contribution is 1.95. The largest absolute Gasteiger partial charge is 0.385 e. The molecule has 128 valence electrons. The number of halogens is 1. The maximum Gasteiger partial charge on any atom is 0.190 e. The molecule has 0 amide bonds. The molecule has 6 heteroatoms. The van der Waals surface area contributed by atoms with Crippen LogP contribution in [0.3, 0.4) is 0 Å². The lowest BCUT2D eigenvalue weighted by Crippen LogP contribution is -2.39. The SMILES string of the molecule is CCCN(CCC)CCCNC(=NC)NCCCOC.I. The van der Waals surface area contributed by atoms with Crippen LogP contribution in [-0.2, 0) is 4.74 Å². The summed E-state index contributed by atoms with van der Waals surface area (Å²) in [7, 11) is 3.54. The van der Waals surface area contributed by atoms with E-state index in [9.17, 15) is 0 Å². The lowest BCUT2D eigenvalue weighted by molar-refractivity contribution is 0.195. The van der Waals surface area contributed by atoms with Gasteiger partial charge in [0.05, 0.1) is 0 Å². The van der Waals surface area contributed by atoms with Crippen molar-refractivity contribution in [3.05, 3.63) is 0 Å². The van der Waals surface area contributed by atoms with Crippen LogP contribution in [0.25, 0.3) is 0 Å². The first-order valence-corrected chi connectivity index (χ1v) is 7.94. The minimum Gasteiger partial charge on any atom is -0.385 e. The maximum atomic E-state index is 5.02. The van der Waals surface area contributed by atoms with E-state index in [0.29, 0.717) is 0 Å². The number of nitrogens with zero attached hydrogens (tertiary/aromatic N) is 2. The van der Waals surface area contributed by atoms with E-state index in [1.54, 1.807) is 7.11 Å². The number of aliphatic imine (C=N–C) groups is 1. The van der Waals surface area contributed by atoms with Crippen LogP contribution >= 0.6 is 24.0 Å². The van der Waals surface area contributed by atoms with Gasteiger partial charge in [-0.25, -0.2) is 0 Å². The molecule has 0 fully saturated rings. The summed E-state index contributed by atoms with van der Waals surface area (Å²) >= 11 is 0. The van der Waals surface area contributed by atoms with Crippen LogP contribution < -0.4 is 10.6 Å². The van der Waals surface area contributed by atoms with Crippen LogP contribution in [0.1, 0.15) is 39.5 Å². The highest BCUT2D eigenvalue weighted by Gasteiger charge is 2.02. The van der Waals surface area contributed by atoms with Crippen molar-refractivity contribution in [1.82, 2.24) is 15.5 Å². The zero-order chi connectivity index (χ0) is 15.1. The normalized spacial score (nSPS) is 11.4. The molecule has 0 aliphatic heterocycles. The molecule has 2 N–H and O–H groups in total. The zero-order valence-electron chi connectivity index (χ0n) is 14.3. The third-order valence-electron chi connectivity index (χ3n) is 3.06. The van der Waals surface area contributed by atoms with Crippen molar-refractivity contribution in [1.29, 1.82) is 0 Å². The fourth-order valence-corrected chi connectivity index (χ4v) is 2.12. The van der Waals surface area contributed by atoms with E-state index >= 15 is 0 Å². The molecule has 0 atom stereocenters. The quantitative estimate of drug-likeness (QED) is 0.223. The molecule has 0 saturated carbocycles. The number of nitrogens with one attached hydrogen (secondary N) is 2. The van der Waals surface area contributed by atoms with E-state index in [4.69, 9.17) is 4.74 Å². The molecule has 0 rings (SSSR count). The first-order valence-electron chi connectivity index (χ1n) is 7.94. The van der Waals surface area contributed by atoms with E-state index in [1.807, 2.05) is 7.05 Å². The summed E-state index contributed by atoms with van der Waals surface area (Å²) in [6.45, 7) is 10.7. The standard InChI is InChI=1S/C15H34N4O.HI/c1-5-11-19(12-6-2)13-7-9-17-15(16-3)18-10-8-14-20-4;/h5-14H2,1-4H3,(H2,16,17,18);1H. The molecule has 21 heavy (non-hydrogen) atoms. The topological polar surface area (TPSA) is 48.9 Å². The van der Waals surface area contributed by atoms with E-state index in [-0.39, 0.29) is 24.0 Å². The minimum absolute atomic E-state index is 0. The van der Waals surface area contributed by atoms with Gasteiger partial charge in [0.25, 0.3) is 0 Å². The summed E-state index contributed by atoms with van der Waals surface area (Å²) in [5.41, 5.74) is 0. The van der Waals surface area contributed by atoms with Gasteiger partial charge in [-0.1, -0.05) is 13.8 Å². The van der Waals surface area contributed by atoms with Gasteiger partial charge in [0.2, 0.25) is 0 Å². The molecule has 0 unspecified atom stereocenters. The Kier molecular flexibility index (Phi) is 19.8. The molecule has 0 aromatic rings. The molecule has 0 bridgehead atoms. The number of rotatable bonds is 12. The Morgan fingerprint density at radius 3 is 2.05 bits per heavy atom. The Morgan fingerprint density at radius 1 is 1.00 bits per heavy atom. The van der Waals surface area contributed by atoms with Gasteiger partial charge in [0.15, 0.2) is 5.96 Å². The number of hydrogen-bond donors (Lipinski definition) is 2. The summed E-state index contributed by atoms with van der Waals surface area (Å²) < 4.78 is 5.02. The van der Waals surface area contributed by atoms with Crippen LogP contribution in [-0.4, -0.2) is 64.3 Å². The first kappa shape index (κ1) is 23.2. The molecular formula is C15H35IN4O. The average molecular weight is 414 g/mol. The molecule has 0 aromatic carbocycles. The molecule has 5 nitrogen and oxygen atoms in total. The van der Waals surface area contributed by atoms with Crippen molar-refractivity contribution in [2.75, 3.05) is 53.5 Å². The Morgan fingerprint density at radius 2 is 1.57 bits per heavy atom. The third kappa shape index (κ3) is 14.6. The van der Waals surface area contributed by atoms with Gasteiger partial charge in [-0.2, -0.15) is 0 Å². The predicted octanol–water partition coefficient (Wildman–Crippen LogP) is 2.32. The highest BCUT2D eigenvalue weighted by molar-refractivity contribution is 14.0. The van der Waals surface area contributed by atoms with Crippen molar-refractivity contribution in [2.45, 2.75) is 39.5 Å². The summed E-state index contributed by atoms with van der Waals surface area (Å²) in [4.78, 5) is 6.75. The highest BCUT2D eigenvalue weighted by atomic mass is 127. The zero-order valence-corrected chi connectivity index (χ0v) is 16.6. The molecule has 0 spiro atoms. The van der Waals surface area contributed by atoms with Gasteiger partial charge >= 0.3 is 0 Å². The van der Waals surface area contributed by atoms with E-state index in [0.717, 1.165) is 45.0 Å². The van der Waals surface area contributed by atoms with Gasteiger partial charge in [-0.05, 0) is 45.3 Å². The van der Waals surface area contributed by atoms with Gasteiger partial charge in [0.1, 0.15) is 0 Å². The van der Waals surface area contributed by atoms with Gasteiger partial charge in [-0.3, -0.25) is 4.99 Å². The van der Waals surface area contributed by atoms with Crippen molar-refractivity contribution in [3.63, 3.8) is 0 Å². The Bertz CT molecular complexity index is 234. The van der Waals surface area contributed by atoms with Gasteiger partial charge in [-0.15, -0.1) is 24.0 Å². The minimum atomic E-state index is 0. The number of hydrogen-bond acceptors (Lipinski definition) is 3. The maximum absolute atomic E-state index is 5.02. The predicted molar refractivity (Wildman–Crippen MR) is 103 cm³/mol. The second kappa shape index (κ2) is 18.0. The summed E-state index contributed by atoms with van der Waals surface area (Å²) in [5.74, 6) is 0.888. The first-order chi connectivity index (χ1) is 9.78. The molecule has 0 saturated heterocycles. The summed E-state index contributed by atoms with van der Waals surface area (Å²) in [5, 5.41) is 6.65. The van der Waals surface area contributed by atoms with Crippen LogP contribution in [0, 0.1) is 0 Å². The van der Waals surface area contributed by atoms with Crippen molar-refractivity contribution in [3.8, 4) is 0 Å². The lowest BCUT2D eigenvalue weighted by Gasteiger charge is -2.21. The van der Waals surface area contributed by atoms with Crippen molar-refractivity contribution < 1.29 is 4.74 Å². The molecule has 0 heterocycles. The van der Waals surface area contributed by atoms with E-state index in [2.05, 4.69) is 34.4 Å². The Hall–Kier alpha value is -0.0800. The Labute approximate surface area is 148 Å². The van der Waals surface area contributed by atoms with Crippen LogP contribution in [0.4, 0.5) is 0 Å². The molecule has 0 aliphatic carbocycles. The van der Waals surface area contributed by atoms with E-state index in [1.165, 1.54) is 25.9 Å². The fourth-order valence-electron chi connectivity index (χ4n) is 2.12. The summed E-state index contributed by atoms with van der Waals surface area (Å²) in [6, 6.07) is 0. The molecular weight excluding hydrogens is 379 g/mol. The smallest absolute Gasteiger partial charge is 0.190 e. The van der Waals surface area contributed by atoms with Crippen LogP contribution in [0.2, 0.25) is 0 Å². The van der Waals surface area contributed by atoms with Crippen LogP contribution in [0.15, 0.2) is 4.99 Å². The van der Waals surface area contributed by atoms with Crippen LogP contribution in [0.5, 0.6) is 0 Å². The Balaban J connectivity index is 0. The second-order valence-electron chi connectivity index (χ2n) is 4.97. The fraction of sp³-hybridized carbons (Fsp3) is 0.933. The number of methoxy groups -OCH3 is 1. The monoisotopic (exact) mass is 414 g/mol. The van der Waals surface area contributed by atoms with Crippen molar-refractivity contribution in [2.24, 2.45) is 4.99 Å². The molecule has 0 aromatic heterocycles. The second-order valence-corrected chi connectivity index (χ2v) is 4.97. The van der Waals surface area contributed by atoms with Gasteiger partial charge in [0, 0.05) is 33.9 Å². The molecule has 0 aliphatic rings. The third-order valence-corrected chi connectivity index (χ3v) is 3.06. The lowest BCUT2D eigenvalue weighted by atomic mass is 10.3. The summed E-state index contributed by atoms with van der Waals surface area (Å²) in [6.07, 6.45) is 4.61. The van der Waals surface area contributed by atoms with Gasteiger partial charge < -0.3 is 20.3 Å². The number of guanidine groups is 1. The molecule has 0 radical (unpaired) electrons. The van der Waals surface area contributed by atoms with E-state index < -0.39 is 0 Å². The number of ether oxygens (including phenoxy) is 1.